The van der Waals surface area contributed by atoms with Crippen LogP contribution in [0.3, 0.4) is 0 Å². The molecule has 0 aliphatic carbocycles. The number of methoxy groups -OCH3 is 1. The summed E-state index contributed by atoms with van der Waals surface area (Å²) in [5, 5.41) is 9.96. The molecule has 0 spiro atoms. The van der Waals surface area contributed by atoms with Gasteiger partial charge in [0, 0.05) is 6.08 Å². The Balaban J connectivity index is 2.11. The quantitative estimate of drug-likeness (QED) is 0.371. The number of halogens is 3. The van der Waals surface area contributed by atoms with Crippen molar-refractivity contribution in [1.82, 2.24) is 5.32 Å². The SMILES string of the molecule is COC(=O)/C=C1/S/C(=N\N=Cc2cc(C)cc(OC(F)(F)F)c2)NC1=O. The molecule has 1 aromatic rings. The van der Waals surface area contributed by atoms with Crippen LogP contribution in [-0.4, -0.2) is 36.7 Å². The Morgan fingerprint density at radius 1 is 1.31 bits per heavy atom. The third-order valence-electron chi connectivity index (χ3n) is 2.76. The van der Waals surface area contributed by atoms with Gasteiger partial charge in [0.05, 0.1) is 18.2 Å². The second-order valence-corrected chi connectivity index (χ2v) is 5.90. The highest BCUT2D eigenvalue weighted by Gasteiger charge is 2.31. The zero-order valence-corrected chi connectivity index (χ0v) is 14.3. The van der Waals surface area contributed by atoms with Crippen LogP contribution in [0.5, 0.6) is 5.75 Å². The number of aryl methyl sites for hydroxylation is 1. The number of amidine groups is 1. The Morgan fingerprint density at radius 2 is 2.04 bits per heavy atom. The van der Waals surface area contributed by atoms with E-state index in [-0.39, 0.29) is 15.8 Å². The minimum absolute atomic E-state index is 0.0854. The predicted octanol–water partition coefficient (Wildman–Crippen LogP) is 2.50. The molecule has 2 rings (SSSR count). The lowest BCUT2D eigenvalue weighted by molar-refractivity contribution is -0.274. The van der Waals surface area contributed by atoms with Gasteiger partial charge in [0.2, 0.25) is 0 Å². The van der Waals surface area contributed by atoms with Crippen LogP contribution in [0.25, 0.3) is 0 Å². The van der Waals surface area contributed by atoms with Crippen LogP contribution in [0.15, 0.2) is 39.4 Å². The second kappa shape index (κ2) is 8.04. The van der Waals surface area contributed by atoms with Crippen molar-refractivity contribution in [3.63, 3.8) is 0 Å². The number of carbonyl (C=O) groups is 2. The molecule has 11 heteroatoms. The number of rotatable bonds is 4. The van der Waals surface area contributed by atoms with Gasteiger partial charge in [-0.25, -0.2) is 4.79 Å². The van der Waals surface area contributed by atoms with E-state index in [0.717, 1.165) is 23.9 Å². The van der Waals surface area contributed by atoms with Gasteiger partial charge in [-0.1, -0.05) is 6.07 Å². The summed E-state index contributed by atoms with van der Waals surface area (Å²) in [6.07, 6.45) is -2.58. The number of hydrogen-bond donors (Lipinski definition) is 1. The van der Waals surface area contributed by atoms with Gasteiger partial charge in [0.1, 0.15) is 5.75 Å². The van der Waals surface area contributed by atoms with Gasteiger partial charge in [-0.15, -0.1) is 18.3 Å². The molecule has 0 atom stereocenters. The summed E-state index contributed by atoms with van der Waals surface area (Å²) in [4.78, 5) is 22.8. The Bertz CT molecular complexity index is 819. The molecule has 7 nitrogen and oxygen atoms in total. The highest BCUT2D eigenvalue weighted by Crippen LogP contribution is 2.25. The molecule has 138 valence electrons. The number of thioether (sulfide) groups is 1. The number of esters is 1. The number of benzene rings is 1. The normalized spacial score (nSPS) is 17.8. The van der Waals surface area contributed by atoms with E-state index in [1.807, 2.05) is 0 Å². The van der Waals surface area contributed by atoms with Gasteiger partial charge in [0.15, 0.2) is 5.17 Å². The number of carbonyl (C=O) groups excluding carboxylic acids is 2. The molecule has 1 aliphatic rings. The van der Waals surface area contributed by atoms with Crippen LogP contribution in [0.1, 0.15) is 11.1 Å². The molecule has 1 aromatic carbocycles. The highest BCUT2D eigenvalue weighted by atomic mass is 32.2. The number of nitrogens with zero attached hydrogens (tertiary/aromatic N) is 2. The van der Waals surface area contributed by atoms with E-state index >= 15 is 0 Å². The van der Waals surface area contributed by atoms with Crippen LogP contribution >= 0.6 is 11.8 Å². The number of alkyl halides is 3. The molecule has 0 unspecified atom stereocenters. The summed E-state index contributed by atoms with van der Waals surface area (Å²) in [5.41, 5.74) is 0.862. The number of nitrogens with one attached hydrogen (secondary N) is 1. The van der Waals surface area contributed by atoms with Crippen molar-refractivity contribution < 1.29 is 32.2 Å². The lowest BCUT2D eigenvalue weighted by Gasteiger charge is -2.09. The van der Waals surface area contributed by atoms with E-state index < -0.39 is 18.2 Å². The molecule has 1 aliphatic heterocycles. The van der Waals surface area contributed by atoms with E-state index in [0.29, 0.717) is 11.1 Å². The first-order valence-corrected chi connectivity index (χ1v) is 7.75. The highest BCUT2D eigenvalue weighted by molar-refractivity contribution is 8.18. The molecule has 1 saturated heterocycles. The van der Waals surface area contributed by atoms with Crippen molar-refractivity contribution in [2.75, 3.05) is 7.11 Å². The first kappa shape index (κ1) is 19.5. The summed E-state index contributed by atoms with van der Waals surface area (Å²) in [6, 6.07) is 3.96. The average Bonchev–Trinajstić information content (AvgIpc) is 2.84. The summed E-state index contributed by atoms with van der Waals surface area (Å²) >= 11 is 0.874. The van der Waals surface area contributed by atoms with Crippen LogP contribution in [0.4, 0.5) is 13.2 Å². The lowest BCUT2D eigenvalue weighted by Crippen LogP contribution is -2.19. The maximum Gasteiger partial charge on any atom is 0.573 e. The van der Waals surface area contributed by atoms with Crippen molar-refractivity contribution in [3.8, 4) is 5.75 Å². The maximum atomic E-state index is 12.3. The fourth-order valence-electron chi connectivity index (χ4n) is 1.83. The largest absolute Gasteiger partial charge is 0.573 e. The Kier molecular flexibility index (Phi) is 6.03. The fraction of sp³-hybridized carbons (Fsp3) is 0.200. The molecule has 1 fully saturated rings. The lowest BCUT2D eigenvalue weighted by atomic mass is 10.1. The third-order valence-corrected chi connectivity index (χ3v) is 3.66. The molecular weight excluding hydrogens is 375 g/mol. The maximum absolute atomic E-state index is 12.3. The van der Waals surface area contributed by atoms with Crippen molar-refractivity contribution >= 4 is 35.0 Å². The van der Waals surface area contributed by atoms with Gasteiger partial charge in [0.25, 0.3) is 5.91 Å². The fourth-order valence-corrected chi connectivity index (χ4v) is 2.57. The standard InChI is InChI=1S/C15H12F3N3O4S/c1-8-3-9(5-10(4-8)25-15(16,17)18)7-19-21-14-20-13(23)11(26-14)6-12(22)24-2/h3-7H,1-2H3,(H,20,21,23)/b11-6+,19-7?. The van der Waals surface area contributed by atoms with Gasteiger partial charge in [-0.3, -0.25) is 10.1 Å². The van der Waals surface area contributed by atoms with E-state index in [4.69, 9.17) is 0 Å². The predicted molar refractivity (Wildman–Crippen MR) is 88.7 cm³/mol. The zero-order chi connectivity index (χ0) is 19.3. The summed E-state index contributed by atoms with van der Waals surface area (Å²) in [5.74, 6) is -1.60. The molecule has 0 bridgehead atoms. The van der Waals surface area contributed by atoms with E-state index in [9.17, 15) is 22.8 Å². The van der Waals surface area contributed by atoms with Crippen LogP contribution in [0.2, 0.25) is 0 Å². The summed E-state index contributed by atoms with van der Waals surface area (Å²) < 4.78 is 45.2. The molecule has 26 heavy (non-hydrogen) atoms. The van der Waals surface area contributed by atoms with Crippen molar-refractivity contribution in [2.24, 2.45) is 10.2 Å². The molecule has 1 heterocycles. The minimum Gasteiger partial charge on any atom is -0.466 e. The molecule has 0 aromatic heterocycles. The minimum atomic E-state index is -4.80. The van der Waals surface area contributed by atoms with Gasteiger partial charge >= 0.3 is 12.3 Å². The topological polar surface area (TPSA) is 89.3 Å². The Labute approximate surface area is 150 Å². The molecular formula is C15H12F3N3O4S. The number of ether oxygens (including phenoxy) is 2. The first-order valence-electron chi connectivity index (χ1n) is 6.93. The smallest absolute Gasteiger partial charge is 0.466 e. The Morgan fingerprint density at radius 3 is 2.69 bits per heavy atom. The number of hydrogen-bond acceptors (Lipinski definition) is 7. The van der Waals surface area contributed by atoms with E-state index in [1.54, 1.807) is 13.0 Å². The molecule has 0 saturated carbocycles. The molecule has 1 amide bonds. The average molecular weight is 387 g/mol. The van der Waals surface area contributed by atoms with E-state index in [2.05, 4.69) is 25.0 Å². The summed E-state index contributed by atoms with van der Waals surface area (Å²) in [7, 11) is 1.18. The van der Waals surface area contributed by atoms with Crippen molar-refractivity contribution in [1.29, 1.82) is 0 Å². The van der Waals surface area contributed by atoms with Gasteiger partial charge < -0.3 is 9.47 Å². The molecule has 1 N–H and O–H groups in total. The monoisotopic (exact) mass is 387 g/mol. The summed E-state index contributed by atoms with van der Waals surface area (Å²) in [6.45, 7) is 1.60. The van der Waals surface area contributed by atoms with Gasteiger partial charge in [-0.2, -0.15) is 5.10 Å². The van der Waals surface area contributed by atoms with Crippen LogP contribution in [0, 0.1) is 6.92 Å². The van der Waals surface area contributed by atoms with E-state index in [1.165, 1.54) is 19.4 Å². The van der Waals surface area contributed by atoms with Crippen LogP contribution in [-0.2, 0) is 14.3 Å². The zero-order valence-electron chi connectivity index (χ0n) is 13.5. The van der Waals surface area contributed by atoms with Crippen molar-refractivity contribution in [3.05, 3.63) is 40.3 Å². The van der Waals surface area contributed by atoms with Crippen LogP contribution < -0.4 is 10.1 Å². The second-order valence-electron chi connectivity index (χ2n) is 4.86. The first-order chi connectivity index (χ1) is 12.2. The Hall–Kier alpha value is -2.82. The third kappa shape index (κ3) is 5.92. The van der Waals surface area contributed by atoms with Gasteiger partial charge in [-0.05, 0) is 41.9 Å². The molecule has 0 radical (unpaired) electrons. The van der Waals surface area contributed by atoms with Crippen molar-refractivity contribution in [2.45, 2.75) is 13.3 Å². The number of amides is 1.